The molecule has 0 aliphatic rings. The number of nitrogens with one attached hydrogen (secondary N) is 1. The molecular weight excluding hydrogens is 258 g/mol. The first kappa shape index (κ1) is 13.9. The molecule has 0 fully saturated rings. The summed E-state index contributed by atoms with van der Waals surface area (Å²) in [4.78, 5) is 7.96. The van der Waals surface area contributed by atoms with E-state index in [4.69, 9.17) is 0 Å². The number of hydrogen-bond donors (Lipinski definition) is 1. The summed E-state index contributed by atoms with van der Waals surface area (Å²) in [7, 11) is 0. The maximum atomic E-state index is 4.46. The molecule has 0 aliphatic heterocycles. The number of aromatic nitrogens is 3. The van der Waals surface area contributed by atoms with E-state index in [2.05, 4.69) is 39.2 Å². The highest BCUT2D eigenvalue weighted by Crippen LogP contribution is 2.21. The van der Waals surface area contributed by atoms with Crippen molar-refractivity contribution in [2.75, 3.05) is 18.0 Å². The van der Waals surface area contributed by atoms with E-state index in [-0.39, 0.29) is 0 Å². The van der Waals surface area contributed by atoms with Crippen molar-refractivity contribution in [2.24, 2.45) is 0 Å². The highest BCUT2D eigenvalue weighted by atomic mass is 32.1. The van der Waals surface area contributed by atoms with Gasteiger partial charge in [0.2, 0.25) is 0 Å². The lowest BCUT2D eigenvalue weighted by Crippen LogP contribution is -2.21. The van der Waals surface area contributed by atoms with Gasteiger partial charge in [0.25, 0.3) is 0 Å². The van der Waals surface area contributed by atoms with Crippen LogP contribution >= 0.6 is 11.3 Å². The van der Waals surface area contributed by atoms with Crippen molar-refractivity contribution < 1.29 is 0 Å². The monoisotopic (exact) mass is 277 g/mol. The van der Waals surface area contributed by atoms with Crippen molar-refractivity contribution >= 4 is 16.5 Å². The number of hydrogen-bond acceptors (Lipinski definition) is 6. The molecule has 5 nitrogen and oxygen atoms in total. The average Bonchev–Trinajstić information content (AvgIpc) is 2.90. The molecule has 0 amide bonds. The summed E-state index contributed by atoms with van der Waals surface area (Å²) in [5.74, 6) is 0. The zero-order valence-electron chi connectivity index (χ0n) is 11.3. The minimum atomic E-state index is 0.729. The van der Waals surface area contributed by atoms with E-state index in [0.717, 1.165) is 37.0 Å². The molecule has 2 rings (SSSR count). The molecule has 0 unspecified atom stereocenters. The number of rotatable bonds is 7. The van der Waals surface area contributed by atoms with Gasteiger partial charge in [-0.3, -0.25) is 0 Å². The Kier molecular flexibility index (Phi) is 5.23. The largest absolute Gasteiger partial charge is 0.349 e. The summed E-state index contributed by atoms with van der Waals surface area (Å²) in [5.41, 5.74) is 0.955. The molecule has 0 saturated carbocycles. The first-order valence-corrected chi connectivity index (χ1v) is 7.32. The van der Waals surface area contributed by atoms with Gasteiger partial charge in [-0.15, -0.1) is 11.3 Å². The van der Waals surface area contributed by atoms with Gasteiger partial charge in [-0.1, -0.05) is 0 Å². The molecule has 6 heteroatoms. The van der Waals surface area contributed by atoms with Crippen LogP contribution in [0.15, 0.2) is 24.5 Å². The third-order valence-electron chi connectivity index (χ3n) is 2.81. The summed E-state index contributed by atoms with van der Waals surface area (Å²) in [5, 5.41) is 12.3. The second-order valence-corrected chi connectivity index (χ2v) is 5.19. The molecule has 2 aromatic heterocycles. The van der Waals surface area contributed by atoms with Gasteiger partial charge in [0.1, 0.15) is 0 Å². The SMILES string of the molecule is CCN(CC)c1ncc(CNCc2cccnn2)s1. The van der Waals surface area contributed by atoms with Crippen LogP contribution in [0.3, 0.4) is 0 Å². The summed E-state index contributed by atoms with van der Waals surface area (Å²) >= 11 is 1.74. The first-order valence-electron chi connectivity index (χ1n) is 6.50. The van der Waals surface area contributed by atoms with Crippen LogP contribution in [-0.4, -0.2) is 28.3 Å². The lowest BCUT2D eigenvalue weighted by molar-refractivity contribution is 0.675. The van der Waals surface area contributed by atoms with Crippen molar-refractivity contribution in [1.29, 1.82) is 0 Å². The summed E-state index contributed by atoms with van der Waals surface area (Å²) in [6.45, 7) is 7.84. The lowest BCUT2D eigenvalue weighted by atomic mass is 10.4. The van der Waals surface area contributed by atoms with E-state index in [1.165, 1.54) is 4.88 Å². The smallest absolute Gasteiger partial charge is 0.185 e. The highest BCUT2D eigenvalue weighted by Gasteiger charge is 2.07. The molecular formula is C13H19N5S. The third kappa shape index (κ3) is 3.97. The van der Waals surface area contributed by atoms with E-state index < -0.39 is 0 Å². The summed E-state index contributed by atoms with van der Waals surface area (Å²) in [6, 6.07) is 3.86. The summed E-state index contributed by atoms with van der Waals surface area (Å²) < 4.78 is 0. The minimum Gasteiger partial charge on any atom is -0.349 e. The molecule has 19 heavy (non-hydrogen) atoms. The van der Waals surface area contributed by atoms with Gasteiger partial charge >= 0.3 is 0 Å². The molecule has 0 aromatic carbocycles. The quantitative estimate of drug-likeness (QED) is 0.839. The Labute approximate surface area is 117 Å². The van der Waals surface area contributed by atoms with Crippen LogP contribution in [0.25, 0.3) is 0 Å². The Bertz CT molecular complexity index is 481. The zero-order valence-corrected chi connectivity index (χ0v) is 12.2. The Hall–Kier alpha value is -1.53. The molecule has 2 heterocycles. The van der Waals surface area contributed by atoms with Crippen molar-refractivity contribution in [3.8, 4) is 0 Å². The van der Waals surface area contributed by atoms with Crippen LogP contribution in [0.5, 0.6) is 0 Å². The first-order chi connectivity index (χ1) is 9.33. The Morgan fingerprint density at radius 2 is 2.11 bits per heavy atom. The Morgan fingerprint density at radius 1 is 1.26 bits per heavy atom. The van der Waals surface area contributed by atoms with E-state index >= 15 is 0 Å². The maximum absolute atomic E-state index is 4.46. The van der Waals surface area contributed by atoms with Crippen LogP contribution in [-0.2, 0) is 13.1 Å². The van der Waals surface area contributed by atoms with Gasteiger partial charge < -0.3 is 10.2 Å². The molecule has 0 spiro atoms. The maximum Gasteiger partial charge on any atom is 0.185 e. The second-order valence-electron chi connectivity index (χ2n) is 4.10. The molecule has 0 saturated heterocycles. The predicted molar refractivity (Wildman–Crippen MR) is 78.3 cm³/mol. The van der Waals surface area contributed by atoms with Crippen LogP contribution < -0.4 is 10.2 Å². The zero-order chi connectivity index (χ0) is 13.5. The fourth-order valence-electron chi connectivity index (χ4n) is 1.76. The van der Waals surface area contributed by atoms with Crippen LogP contribution in [0, 0.1) is 0 Å². The van der Waals surface area contributed by atoms with E-state index in [0.29, 0.717) is 0 Å². The molecule has 0 radical (unpaired) electrons. The van der Waals surface area contributed by atoms with Crippen molar-refractivity contribution in [3.63, 3.8) is 0 Å². The average molecular weight is 277 g/mol. The fraction of sp³-hybridized carbons (Fsp3) is 0.462. The molecule has 1 N–H and O–H groups in total. The van der Waals surface area contributed by atoms with E-state index in [1.54, 1.807) is 17.5 Å². The van der Waals surface area contributed by atoms with Gasteiger partial charge in [0.05, 0.1) is 5.69 Å². The van der Waals surface area contributed by atoms with E-state index in [1.807, 2.05) is 18.3 Å². The molecule has 0 atom stereocenters. The second kappa shape index (κ2) is 7.16. The number of nitrogens with zero attached hydrogens (tertiary/aromatic N) is 4. The van der Waals surface area contributed by atoms with Crippen molar-refractivity contribution in [3.05, 3.63) is 35.1 Å². The van der Waals surface area contributed by atoms with Crippen LogP contribution in [0.1, 0.15) is 24.4 Å². The minimum absolute atomic E-state index is 0.729. The van der Waals surface area contributed by atoms with Gasteiger partial charge in [-0.25, -0.2) is 4.98 Å². The standard InChI is InChI=1S/C13H19N5S/c1-3-18(4-2)13-15-10-12(19-13)9-14-8-11-6-5-7-16-17-11/h5-7,10,14H,3-4,8-9H2,1-2H3. The van der Waals surface area contributed by atoms with Crippen LogP contribution in [0.4, 0.5) is 5.13 Å². The van der Waals surface area contributed by atoms with Gasteiger partial charge in [0.15, 0.2) is 5.13 Å². The Balaban J connectivity index is 1.83. The van der Waals surface area contributed by atoms with Gasteiger partial charge in [-0.2, -0.15) is 10.2 Å². The number of thiazole rings is 1. The highest BCUT2D eigenvalue weighted by molar-refractivity contribution is 7.15. The van der Waals surface area contributed by atoms with E-state index in [9.17, 15) is 0 Å². The third-order valence-corrected chi connectivity index (χ3v) is 3.87. The predicted octanol–water partition coefficient (Wildman–Crippen LogP) is 2.07. The van der Waals surface area contributed by atoms with Crippen molar-refractivity contribution in [1.82, 2.24) is 20.5 Å². The normalized spacial score (nSPS) is 10.6. The number of anilines is 1. The topological polar surface area (TPSA) is 53.9 Å². The molecule has 0 bridgehead atoms. The molecule has 0 aliphatic carbocycles. The Morgan fingerprint density at radius 3 is 2.79 bits per heavy atom. The van der Waals surface area contributed by atoms with Crippen LogP contribution in [0.2, 0.25) is 0 Å². The van der Waals surface area contributed by atoms with Crippen molar-refractivity contribution in [2.45, 2.75) is 26.9 Å². The molecule has 2 aromatic rings. The summed E-state index contributed by atoms with van der Waals surface area (Å²) in [6.07, 6.45) is 3.63. The molecule has 102 valence electrons. The van der Waals surface area contributed by atoms with Gasteiger partial charge in [-0.05, 0) is 26.0 Å². The fourth-order valence-corrected chi connectivity index (χ4v) is 2.77. The van der Waals surface area contributed by atoms with Gasteiger partial charge in [0, 0.05) is 43.4 Å². The lowest BCUT2D eigenvalue weighted by Gasteiger charge is -2.16.